The van der Waals surface area contributed by atoms with Crippen LogP contribution in [-0.4, -0.2) is 29.5 Å². The molecular formula is C12H17F2NOS. The summed E-state index contributed by atoms with van der Waals surface area (Å²) >= 11 is 1.31. The Labute approximate surface area is 104 Å². The lowest BCUT2D eigenvalue weighted by atomic mass is 10.3. The number of aliphatic hydroxyl groups excluding tert-OH is 1. The number of halogens is 2. The highest BCUT2D eigenvalue weighted by Gasteiger charge is 2.07. The zero-order valence-electron chi connectivity index (χ0n) is 9.91. The van der Waals surface area contributed by atoms with Crippen molar-refractivity contribution in [3.8, 4) is 0 Å². The minimum Gasteiger partial charge on any atom is -0.391 e. The van der Waals surface area contributed by atoms with Crippen molar-refractivity contribution >= 4 is 11.8 Å². The molecule has 0 saturated carbocycles. The number of nitrogens with one attached hydrogen (secondary N) is 1. The number of hydrogen-bond acceptors (Lipinski definition) is 3. The lowest BCUT2D eigenvalue weighted by Crippen LogP contribution is -2.33. The average molecular weight is 261 g/mol. The van der Waals surface area contributed by atoms with E-state index in [0.717, 1.165) is 12.1 Å². The fourth-order valence-corrected chi connectivity index (χ4v) is 2.04. The molecule has 1 unspecified atom stereocenters. The molecule has 0 aliphatic rings. The first-order valence-corrected chi connectivity index (χ1v) is 6.47. The minimum absolute atomic E-state index is 0.318. The first-order chi connectivity index (χ1) is 7.99. The number of aliphatic hydroxyl groups is 1. The van der Waals surface area contributed by atoms with Gasteiger partial charge in [0.25, 0.3) is 0 Å². The summed E-state index contributed by atoms with van der Waals surface area (Å²) in [5.41, 5.74) is 0. The van der Waals surface area contributed by atoms with E-state index < -0.39 is 17.7 Å². The second-order valence-corrected chi connectivity index (χ2v) is 5.20. The molecule has 1 aromatic rings. The molecule has 96 valence electrons. The summed E-state index contributed by atoms with van der Waals surface area (Å²) in [6.07, 6.45) is -0.504. The van der Waals surface area contributed by atoms with E-state index in [4.69, 9.17) is 0 Å². The highest BCUT2D eigenvalue weighted by atomic mass is 32.2. The van der Waals surface area contributed by atoms with Gasteiger partial charge < -0.3 is 10.4 Å². The Morgan fingerprint density at radius 3 is 2.59 bits per heavy atom. The molecule has 0 saturated heterocycles. The monoisotopic (exact) mass is 261 g/mol. The van der Waals surface area contributed by atoms with Crippen molar-refractivity contribution in [1.29, 1.82) is 0 Å². The Morgan fingerprint density at radius 1 is 1.29 bits per heavy atom. The topological polar surface area (TPSA) is 32.3 Å². The van der Waals surface area contributed by atoms with Crippen molar-refractivity contribution in [2.24, 2.45) is 0 Å². The van der Waals surface area contributed by atoms with Crippen LogP contribution in [0.5, 0.6) is 0 Å². The standard InChI is InChI=1S/C12H17F2NOS/c1-8(2)15-6-9(16)7-17-10-3-4-11(13)12(14)5-10/h3-5,8-9,15-16H,6-7H2,1-2H3. The van der Waals surface area contributed by atoms with Crippen molar-refractivity contribution in [1.82, 2.24) is 5.32 Å². The van der Waals surface area contributed by atoms with Gasteiger partial charge >= 0.3 is 0 Å². The van der Waals surface area contributed by atoms with Crippen molar-refractivity contribution < 1.29 is 13.9 Å². The van der Waals surface area contributed by atoms with Crippen molar-refractivity contribution in [3.63, 3.8) is 0 Å². The highest BCUT2D eigenvalue weighted by Crippen LogP contribution is 2.20. The maximum absolute atomic E-state index is 12.9. The average Bonchev–Trinajstić information content (AvgIpc) is 2.28. The molecule has 2 N–H and O–H groups in total. The molecule has 1 rings (SSSR count). The van der Waals surface area contributed by atoms with Gasteiger partial charge in [0.15, 0.2) is 11.6 Å². The van der Waals surface area contributed by atoms with Crippen molar-refractivity contribution in [3.05, 3.63) is 29.8 Å². The van der Waals surface area contributed by atoms with E-state index in [0.29, 0.717) is 23.2 Å². The molecule has 0 amide bonds. The summed E-state index contributed by atoms with van der Waals surface area (Å²) in [6.45, 7) is 4.48. The van der Waals surface area contributed by atoms with Crippen LogP contribution in [0.2, 0.25) is 0 Å². The highest BCUT2D eigenvalue weighted by molar-refractivity contribution is 7.99. The van der Waals surface area contributed by atoms with E-state index in [-0.39, 0.29) is 0 Å². The van der Waals surface area contributed by atoms with Crippen LogP contribution in [0.3, 0.4) is 0 Å². The summed E-state index contributed by atoms with van der Waals surface area (Å²) in [7, 11) is 0. The Kier molecular flexibility index (Phi) is 5.88. The summed E-state index contributed by atoms with van der Waals surface area (Å²) in [4.78, 5) is 0.618. The molecule has 0 aromatic heterocycles. The van der Waals surface area contributed by atoms with Gasteiger partial charge in [0.1, 0.15) is 0 Å². The van der Waals surface area contributed by atoms with Crippen LogP contribution in [0.4, 0.5) is 8.78 Å². The van der Waals surface area contributed by atoms with E-state index >= 15 is 0 Å². The Morgan fingerprint density at radius 2 is 2.00 bits per heavy atom. The Hall–Kier alpha value is -0.650. The minimum atomic E-state index is -0.857. The molecule has 0 aliphatic heterocycles. The number of benzene rings is 1. The molecule has 0 aliphatic carbocycles. The predicted octanol–water partition coefficient (Wildman–Crippen LogP) is 2.42. The predicted molar refractivity (Wildman–Crippen MR) is 66.2 cm³/mol. The molecule has 17 heavy (non-hydrogen) atoms. The van der Waals surface area contributed by atoms with Crippen LogP contribution in [0.25, 0.3) is 0 Å². The van der Waals surface area contributed by atoms with Crippen LogP contribution in [-0.2, 0) is 0 Å². The molecule has 1 aromatic carbocycles. The van der Waals surface area contributed by atoms with Gasteiger partial charge in [-0.1, -0.05) is 13.8 Å². The SMILES string of the molecule is CC(C)NCC(O)CSc1ccc(F)c(F)c1. The second kappa shape index (κ2) is 6.93. The van der Waals surface area contributed by atoms with Gasteiger partial charge in [-0.3, -0.25) is 0 Å². The van der Waals surface area contributed by atoms with Crippen LogP contribution < -0.4 is 5.32 Å². The van der Waals surface area contributed by atoms with Gasteiger partial charge in [0, 0.05) is 23.2 Å². The third-order valence-electron chi connectivity index (χ3n) is 2.10. The molecule has 0 bridgehead atoms. The van der Waals surface area contributed by atoms with Gasteiger partial charge in [-0.25, -0.2) is 8.78 Å². The normalized spacial score (nSPS) is 13.1. The van der Waals surface area contributed by atoms with E-state index in [9.17, 15) is 13.9 Å². The van der Waals surface area contributed by atoms with Crippen molar-refractivity contribution in [2.75, 3.05) is 12.3 Å². The van der Waals surface area contributed by atoms with E-state index in [2.05, 4.69) is 5.32 Å². The van der Waals surface area contributed by atoms with Gasteiger partial charge in [-0.2, -0.15) is 0 Å². The van der Waals surface area contributed by atoms with Gasteiger partial charge in [0.2, 0.25) is 0 Å². The van der Waals surface area contributed by atoms with Gasteiger partial charge in [0.05, 0.1) is 6.10 Å². The first-order valence-electron chi connectivity index (χ1n) is 5.48. The molecule has 2 nitrogen and oxygen atoms in total. The smallest absolute Gasteiger partial charge is 0.159 e. The summed E-state index contributed by atoms with van der Waals surface area (Å²) in [6, 6.07) is 4.06. The quantitative estimate of drug-likeness (QED) is 0.771. The first kappa shape index (κ1) is 14.4. The fraction of sp³-hybridized carbons (Fsp3) is 0.500. The van der Waals surface area contributed by atoms with Gasteiger partial charge in [-0.15, -0.1) is 11.8 Å². The summed E-state index contributed by atoms with van der Waals surface area (Å²) < 4.78 is 25.6. The van der Waals surface area contributed by atoms with E-state index in [1.54, 1.807) is 0 Å². The van der Waals surface area contributed by atoms with E-state index in [1.165, 1.54) is 17.8 Å². The molecule has 0 radical (unpaired) electrons. The molecule has 0 heterocycles. The maximum atomic E-state index is 12.9. The van der Waals surface area contributed by atoms with Crippen LogP contribution in [0.15, 0.2) is 23.1 Å². The van der Waals surface area contributed by atoms with Crippen LogP contribution in [0.1, 0.15) is 13.8 Å². The lowest BCUT2D eigenvalue weighted by Gasteiger charge is -2.13. The molecule has 0 spiro atoms. The fourth-order valence-electron chi connectivity index (χ4n) is 1.19. The lowest BCUT2D eigenvalue weighted by molar-refractivity contribution is 0.192. The number of rotatable bonds is 6. The van der Waals surface area contributed by atoms with Gasteiger partial charge in [-0.05, 0) is 18.2 Å². The Balaban J connectivity index is 2.36. The van der Waals surface area contributed by atoms with Crippen LogP contribution >= 0.6 is 11.8 Å². The zero-order chi connectivity index (χ0) is 12.8. The molecule has 0 fully saturated rings. The largest absolute Gasteiger partial charge is 0.391 e. The van der Waals surface area contributed by atoms with E-state index in [1.807, 2.05) is 13.8 Å². The summed E-state index contributed by atoms with van der Waals surface area (Å²) in [5, 5.41) is 12.7. The second-order valence-electron chi connectivity index (χ2n) is 4.10. The molecule has 1 atom stereocenters. The number of hydrogen-bond donors (Lipinski definition) is 2. The van der Waals surface area contributed by atoms with Crippen molar-refractivity contribution in [2.45, 2.75) is 30.9 Å². The third kappa shape index (κ3) is 5.48. The molecule has 5 heteroatoms. The number of thioether (sulfide) groups is 1. The Bertz CT molecular complexity index is 360. The van der Waals surface area contributed by atoms with Crippen LogP contribution in [0, 0.1) is 11.6 Å². The third-order valence-corrected chi connectivity index (χ3v) is 3.23. The molecular weight excluding hydrogens is 244 g/mol. The summed E-state index contributed by atoms with van der Waals surface area (Å²) in [5.74, 6) is -1.26. The maximum Gasteiger partial charge on any atom is 0.159 e. The zero-order valence-corrected chi connectivity index (χ0v) is 10.7.